The number of likely N-dealkylation sites (N-methyl/N-ethyl adjacent to an activating group) is 1. The van der Waals surface area contributed by atoms with Crippen molar-refractivity contribution in [2.45, 2.75) is 19.5 Å². The molecule has 2 aromatic carbocycles. The first kappa shape index (κ1) is 20.4. The van der Waals surface area contributed by atoms with Gasteiger partial charge in [0.2, 0.25) is 0 Å². The lowest BCUT2D eigenvalue weighted by Crippen LogP contribution is -3.12. The van der Waals surface area contributed by atoms with Crippen molar-refractivity contribution in [1.82, 2.24) is 0 Å². The third-order valence-corrected chi connectivity index (χ3v) is 4.80. The van der Waals surface area contributed by atoms with Gasteiger partial charge in [0, 0.05) is 10.6 Å². The molecule has 26 heavy (non-hydrogen) atoms. The van der Waals surface area contributed by atoms with E-state index in [-0.39, 0.29) is 11.9 Å². The van der Waals surface area contributed by atoms with Crippen LogP contribution in [0.15, 0.2) is 36.4 Å². The zero-order valence-corrected chi connectivity index (χ0v) is 16.7. The molecule has 0 saturated heterocycles. The van der Waals surface area contributed by atoms with Gasteiger partial charge in [-0.25, -0.2) is 0 Å². The molecule has 0 bridgehead atoms. The van der Waals surface area contributed by atoms with E-state index in [4.69, 9.17) is 32.7 Å². The first-order chi connectivity index (χ1) is 12.3. The van der Waals surface area contributed by atoms with Crippen LogP contribution in [0, 0.1) is 0 Å². The smallest absolute Gasteiger partial charge is 0.282 e. The van der Waals surface area contributed by atoms with Gasteiger partial charge < -0.3 is 19.7 Å². The molecule has 5 nitrogen and oxygen atoms in total. The minimum absolute atomic E-state index is 0.118. The minimum atomic E-state index is -0.283. The number of carbonyl (C=O) groups excluding carboxylic acids is 1. The number of nitrogens with one attached hydrogen (secondary N) is 2. The minimum Gasteiger partial charge on any atom is -0.493 e. The summed E-state index contributed by atoms with van der Waals surface area (Å²) in [5.74, 6) is 1.23. The number of halogens is 2. The van der Waals surface area contributed by atoms with Crippen LogP contribution in [-0.2, 0) is 11.3 Å². The molecule has 0 spiro atoms. The fourth-order valence-electron chi connectivity index (χ4n) is 2.52. The van der Waals surface area contributed by atoms with Crippen LogP contribution in [0.5, 0.6) is 11.5 Å². The zero-order valence-electron chi connectivity index (χ0n) is 15.2. The second kappa shape index (κ2) is 9.12. The third-order valence-electron chi connectivity index (χ3n) is 4.25. The normalized spacial score (nSPS) is 13.0. The largest absolute Gasteiger partial charge is 0.493 e. The van der Waals surface area contributed by atoms with E-state index in [9.17, 15) is 4.79 Å². The Bertz CT molecular complexity index is 783. The van der Waals surface area contributed by atoms with Gasteiger partial charge in [0.05, 0.1) is 32.0 Å². The number of quaternary nitrogens is 1. The molecule has 0 aromatic heterocycles. The summed E-state index contributed by atoms with van der Waals surface area (Å²) in [4.78, 5) is 13.6. The quantitative estimate of drug-likeness (QED) is 0.754. The van der Waals surface area contributed by atoms with Crippen molar-refractivity contribution in [1.29, 1.82) is 0 Å². The number of hydrogen-bond acceptors (Lipinski definition) is 3. The summed E-state index contributed by atoms with van der Waals surface area (Å²) in [6, 6.07) is 10.4. The number of amides is 1. The predicted octanol–water partition coefficient (Wildman–Crippen LogP) is 3.05. The number of anilines is 1. The molecule has 2 atom stereocenters. The summed E-state index contributed by atoms with van der Waals surface area (Å²) in [6.45, 7) is 2.53. The first-order valence-corrected chi connectivity index (χ1v) is 8.90. The Morgan fingerprint density at radius 1 is 1.12 bits per heavy atom. The molecule has 0 fully saturated rings. The lowest BCUT2D eigenvalue weighted by molar-refractivity contribution is -0.907. The third kappa shape index (κ3) is 5.04. The van der Waals surface area contributed by atoms with Gasteiger partial charge in [-0.3, -0.25) is 4.79 Å². The summed E-state index contributed by atoms with van der Waals surface area (Å²) in [5, 5.41) is 3.79. The van der Waals surface area contributed by atoms with E-state index in [0.717, 1.165) is 10.5 Å². The van der Waals surface area contributed by atoms with E-state index in [2.05, 4.69) is 5.32 Å². The summed E-state index contributed by atoms with van der Waals surface area (Å²) in [6.07, 6.45) is 0. The SMILES string of the molecule is COc1ccc(C[NH+](C)[C@@H](C)C(=O)Nc2ccc(Cl)cc2Cl)cc1OC. The molecule has 2 N–H and O–H groups in total. The van der Waals surface area contributed by atoms with Gasteiger partial charge in [-0.15, -0.1) is 0 Å². The van der Waals surface area contributed by atoms with Crippen LogP contribution in [0.25, 0.3) is 0 Å². The topological polar surface area (TPSA) is 52.0 Å². The Kier molecular flexibility index (Phi) is 7.14. The maximum atomic E-state index is 12.5. The summed E-state index contributed by atoms with van der Waals surface area (Å²) in [5.41, 5.74) is 1.59. The number of hydrogen-bond donors (Lipinski definition) is 2. The molecular weight excluding hydrogens is 375 g/mol. The molecule has 7 heteroatoms. The first-order valence-electron chi connectivity index (χ1n) is 8.14. The van der Waals surface area contributed by atoms with Crippen LogP contribution in [0.2, 0.25) is 10.0 Å². The summed E-state index contributed by atoms with van der Waals surface area (Å²) >= 11 is 12.0. The number of ether oxygens (including phenoxy) is 2. The molecule has 0 aliphatic carbocycles. The second-order valence-corrected chi connectivity index (χ2v) is 6.89. The van der Waals surface area contributed by atoms with Gasteiger partial charge in [0.25, 0.3) is 5.91 Å². The van der Waals surface area contributed by atoms with Crippen LogP contribution >= 0.6 is 23.2 Å². The Balaban J connectivity index is 2.04. The molecule has 2 rings (SSSR count). The molecule has 1 amide bonds. The lowest BCUT2D eigenvalue weighted by Gasteiger charge is -2.22. The Morgan fingerprint density at radius 3 is 2.42 bits per heavy atom. The van der Waals surface area contributed by atoms with E-state index >= 15 is 0 Å². The standard InChI is InChI=1S/C19H22Cl2N2O3/c1-12(19(24)22-16-7-6-14(20)10-15(16)21)23(2)11-13-5-8-17(25-3)18(9-13)26-4/h5-10,12H,11H2,1-4H3,(H,22,24)/p+1/t12-/m0/s1. The summed E-state index contributed by atoms with van der Waals surface area (Å²) in [7, 11) is 5.16. The van der Waals surface area contributed by atoms with E-state index < -0.39 is 0 Å². The lowest BCUT2D eigenvalue weighted by atomic mass is 10.1. The van der Waals surface area contributed by atoms with Crippen LogP contribution in [0.1, 0.15) is 12.5 Å². The molecule has 140 valence electrons. The Hall–Kier alpha value is -1.95. The molecule has 2 aromatic rings. The number of carbonyl (C=O) groups is 1. The molecule has 0 heterocycles. The fourth-order valence-corrected chi connectivity index (χ4v) is 2.98. The van der Waals surface area contributed by atoms with Crippen LogP contribution in [0.3, 0.4) is 0 Å². The van der Waals surface area contributed by atoms with Gasteiger partial charge in [0.15, 0.2) is 17.5 Å². The number of methoxy groups -OCH3 is 2. The number of benzene rings is 2. The Labute approximate surface area is 163 Å². The highest BCUT2D eigenvalue weighted by atomic mass is 35.5. The average Bonchev–Trinajstić information content (AvgIpc) is 2.63. The van der Waals surface area contributed by atoms with Gasteiger partial charge in [-0.1, -0.05) is 23.2 Å². The van der Waals surface area contributed by atoms with Crippen LogP contribution < -0.4 is 19.7 Å². The van der Waals surface area contributed by atoms with Crippen molar-refractivity contribution >= 4 is 34.8 Å². The molecular formula is C19H23Cl2N2O3+. The van der Waals surface area contributed by atoms with Crippen molar-refractivity contribution in [3.63, 3.8) is 0 Å². The zero-order chi connectivity index (χ0) is 19.3. The molecule has 0 aliphatic rings. The van der Waals surface area contributed by atoms with Crippen molar-refractivity contribution in [2.24, 2.45) is 0 Å². The van der Waals surface area contributed by atoms with Crippen molar-refractivity contribution in [3.05, 3.63) is 52.0 Å². The van der Waals surface area contributed by atoms with Crippen molar-refractivity contribution in [3.8, 4) is 11.5 Å². The number of rotatable bonds is 7. The van der Waals surface area contributed by atoms with E-state index in [1.54, 1.807) is 32.4 Å². The van der Waals surface area contributed by atoms with Gasteiger partial charge in [-0.05, 0) is 43.3 Å². The highest BCUT2D eigenvalue weighted by molar-refractivity contribution is 6.36. The Morgan fingerprint density at radius 2 is 1.81 bits per heavy atom. The van der Waals surface area contributed by atoms with E-state index in [1.807, 2.05) is 32.2 Å². The van der Waals surface area contributed by atoms with Crippen LogP contribution in [0.4, 0.5) is 5.69 Å². The van der Waals surface area contributed by atoms with E-state index in [1.165, 1.54) is 0 Å². The summed E-state index contributed by atoms with van der Waals surface area (Å²) < 4.78 is 10.6. The monoisotopic (exact) mass is 397 g/mol. The second-order valence-electron chi connectivity index (χ2n) is 6.05. The molecule has 1 unspecified atom stereocenters. The van der Waals surface area contributed by atoms with E-state index in [0.29, 0.717) is 33.8 Å². The van der Waals surface area contributed by atoms with Crippen molar-refractivity contribution in [2.75, 3.05) is 26.6 Å². The maximum absolute atomic E-state index is 12.5. The van der Waals surface area contributed by atoms with Crippen molar-refractivity contribution < 1.29 is 19.2 Å². The fraction of sp³-hybridized carbons (Fsp3) is 0.316. The predicted molar refractivity (Wildman–Crippen MR) is 105 cm³/mol. The highest BCUT2D eigenvalue weighted by Gasteiger charge is 2.23. The van der Waals surface area contributed by atoms with Gasteiger partial charge in [-0.2, -0.15) is 0 Å². The van der Waals surface area contributed by atoms with Gasteiger partial charge >= 0.3 is 0 Å². The average molecular weight is 398 g/mol. The molecule has 0 aliphatic heterocycles. The molecule has 0 radical (unpaired) electrons. The highest BCUT2D eigenvalue weighted by Crippen LogP contribution is 2.27. The molecule has 0 saturated carbocycles. The maximum Gasteiger partial charge on any atom is 0.282 e. The van der Waals surface area contributed by atoms with Gasteiger partial charge in [0.1, 0.15) is 6.54 Å². The van der Waals surface area contributed by atoms with Crippen LogP contribution in [-0.4, -0.2) is 33.2 Å².